The minimum atomic E-state index is -0.211. The molecule has 0 heterocycles. The predicted octanol–water partition coefficient (Wildman–Crippen LogP) is 4.67. The van der Waals surface area contributed by atoms with Crippen LogP contribution in [0.3, 0.4) is 0 Å². The molecule has 3 N–H and O–H groups in total. The number of anilines is 1. The van der Waals surface area contributed by atoms with E-state index in [1.165, 1.54) is 0 Å². The first-order valence-corrected chi connectivity index (χ1v) is 11.3. The average molecular weight is 458 g/mol. The van der Waals surface area contributed by atoms with Crippen LogP contribution in [0.25, 0.3) is 0 Å². The number of nitrogens with one attached hydrogen (secondary N) is 3. The Labute approximate surface area is 200 Å². The molecule has 3 aromatic rings. The Hall–Kier alpha value is -3.93. The van der Waals surface area contributed by atoms with E-state index >= 15 is 0 Å². The van der Waals surface area contributed by atoms with Crippen molar-refractivity contribution in [1.82, 2.24) is 10.6 Å². The Morgan fingerprint density at radius 1 is 0.735 bits per heavy atom. The normalized spacial score (nSPS) is 10.9. The zero-order chi connectivity index (χ0) is 24.6. The number of carbonyl (C=O) groups is 3. The maximum atomic E-state index is 12.5. The summed E-state index contributed by atoms with van der Waals surface area (Å²) in [5, 5.41) is 8.46. The fourth-order valence-corrected chi connectivity index (χ4v) is 3.35. The van der Waals surface area contributed by atoms with Crippen LogP contribution in [0, 0.1) is 0 Å². The van der Waals surface area contributed by atoms with E-state index in [9.17, 15) is 14.4 Å². The molecule has 176 valence electrons. The van der Waals surface area contributed by atoms with Crippen LogP contribution in [0.2, 0.25) is 0 Å². The molecule has 0 aliphatic heterocycles. The predicted molar refractivity (Wildman–Crippen MR) is 135 cm³/mol. The average Bonchev–Trinajstić information content (AvgIpc) is 2.83. The second-order valence-electron chi connectivity index (χ2n) is 9.13. The number of rotatable bonds is 8. The van der Waals surface area contributed by atoms with Gasteiger partial charge in [0.25, 0.3) is 11.8 Å². The van der Waals surface area contributed by atoms with Crippen LogP contribution in [0.15, 0.2) is 78.9 Å². The van der Waals surface area contributed by atoms with Crippen molar-refractivity contribution in [3.63, 3.8) is 0 Å². The van der Waals surface area contributed by atoms with Crippen molar-refractivity contribution in [1.29, 1.82) is 0 Å². The molecule has 0 aromatic heterocycles. The smallest absolute Gasteiger partial charge is 0.255 e. The molecule has 0 bridgehead atoms. The van der Waals surface area contributed by atoms with Gasteiger partial charge in [-0.2, -0.15) is 0 Å². The number of hydrogen-bond acceptors (Lipinski definition) is 3. The molecule has 0 saturated heterocycles. The van der Waals surface area contributed by atoms with Crippen molar-refractivity contribution in [2.75, 3.05) is 11.9 Å². The highest BCUT2D eigenvalue weighted by atomic mass is 16.2. The van der Waals surface area contributed by atoms with E-state index in [1.54, 1.807) is 30.3 Å². The van der Waals surface area contributed by atoms with Gasteiger partial charge in [-0.15, -0.1) is 0 Å². The maximum Gasteiger partial charge on any atom is 0.255 e. The van der Waals surface area contributed by atoms with Gasteiger partial charge in [0.05, 0.1) is 0 Å². The molecule has 3 amide bonds. The summed E-state index contributed by atoms with van der Waals surface area (Å²) >= 11 is 0. The lowest BCUT2D eigenvalue weighted by Gasteiger charge is -2.19. The summed E-state index contributed by atoms with van der Waals surface area (Å²) in [7, 11) is 0. The van der Waals surface area contributed by atoms with Crippen molar-refractivity contribution in [2.24, 2.45) is 0 Å². The number of hydrogen-bond donors (Lipinski definition) is 3. The highest BCUT2D eigenvalue weighted by Crippen LogP contribution is 2.22. The Morgan fingerprint density at radius 3 is 2.12 bits per heavy atom. The molecule has 0 atom stereocenters. The van der Waals surface area contributed by atoms with Gasteiger partial charge in [0.1, 0.15) is 0 Å². The summed E-state index contributed by atoms with van der Waals surface area (Å²) in [6.45, 7) is 6.90. The highest BCUT2D eigenvalue weighted by Gasteiger charge is 2.14. The van der Waals surface area contributed by atoms with Crippen molar-refractivity contribution < 1.29 is 14.4 Å². The summed E-state index contributed by atoms with van der Waals surface area (Å²) < 4.78 is 0. The Bertz CT molecular complexity index is 1130. The first kappa shape index (κ1) is 24.7. The summed E-state index contributed by atoms with van der Waals surface area (Å²) in [5.41, 5.74) is 3.80. The standard InChI is InChI=1S/C28H31N3O3/c1-28(2,3)23-14-12-21(13-15-23)26(33)29-17-16-25(32)30-19-20-8-7-9-22(18-20)27(34)31-24-10-5-4-6-11-24/h4-15,18H,16-17,19H2,1-3H3,(H,29,33)(H,30,32)(H,31,34). The summed E-state index contributed by atoms with van der Waals surface area (Å²) in [6.07, 6.45) is 0.167. The molecule has 6 nitrogen and oxygen atoms in total. The third-order valence-electron chi connectivity index (χ3n) is 5.36. The fourth-order valence-electron chi connectivity index (χ4n) is 3.35. The first-order valence-electron chi connectivity index (χ1n) is 11.3. The van der Waals surface area contributed by atoms with Crippen LogP contribution in [0.1, 0.15) is 59.0 Å². The van der Waals surface area contributed by atoms with E-state index in [0.717, 1.165) is 16.8 Å². The van der Waals surface area contributed by atoms with E-state index < -0.39 is 0 Å². The Balaban J connectivity index is 1.43. The minimum absolute atomic E-state index is 0.0261. The van der Waals surface area contributed by atoms with Gasteiger partial charge in [-0.05, 0) is 52.9 Å². The SMILES string of the molecule is CC(C)(C)c1ccc(C(=O)NCCC(=O)NCc2cccc(C(=O)Nc3ccccc3)c2)cc1. The molecule has 0 radical (unpaired) electrons. The number of amides is 3. The van der Waals surface area contributed by atoms with Crippen molar-refractivity contribution in [2.45, 2.75) is 39.2 Å². The van der Waals surface area contributed by atoms with E-state index in [1.807, 2.05) is 48.5 Å². The number of para-hydroxylation sites is 1. The highest BCUT2D eigenvalue weighted by molar-refractivity contribution is 6.04. The minimum Gasteiger partial charge on any atom is -0.352 e. The van der Waals surface area contributed by atoms with Gasteiger partial charge in [-0.25, -0.2) is 0 Å². The van der Waals surface area contributed by atoms with Gasteiger partial charge in [-0.3, -0.25) is 14.4 Å². The summed E-state index contributed by atoms with van der Waals surface area (Å²) in [5.74, 6) is -0.592. The van der Waals surface area contributed by atoms with E-state index in [-0.39, 0.29) is 36.1 Å². The molecule has 0 aliphatic rings. The first-order chi connectivity index (χ1) is 16.2. The van der Waals surface area contributed by atoms with Crippen LogP contribution in [0.4, 0.5) is 5.69 Å². The molecule has 0 fully saturated rings. The van der Waals surface area contributed by atoms with Crippen LogP contribution in [-0.4, -0.2) is 24.3 Å². The third-order valence-corrected chi connectivity index (χ3v) is 5.36. The molecule has 0 spiro atoms. The van der Waals surface area contributed by atoms with Gasteiger partial charge in [0.15, 0.2) is 0 Å². The van der Waals surface area contributed by atoms with E-state index in [0.29, 0.717) is 17.7 Å². The summed E-state index contributed by atoms with van der Waals surface area (Å²) in [4.78, 5) is 37.0. The molecule has 34 heavy (non-hydrogen) atoms. The molecule has 0 aliphatic carbocycles. The fraction of sp³-hybridized carbons (Fsp3) is 0.250. The summed E-state index contributed by atoms with van der Waals surface area (Å²) in [6, 6.07) is 23.9. The second kappa shape index (κ2) is 11.3. The molecule has 0 saturated carbocycles. The zero-order valence-corrected chi connectivity index (χ0v) is 19.9. The lowest BCUT2D eigenvalue weighted by Crippen LogP contribution is -2.30. The molecule has 3 rings (SSSR count). The van der Waals surface area contributed by atoms with Crippen LogP contribution >= 0.6 is 0 Å². The lowest BCUT2D eigenvalue weighted by molar-refractivity contribution is -0.121. The molecule has 0 unspecified atom stereocenters. The van der Waals surface area contributed by atoms with Gasteiger partial charge in [0, 0.05) is 36.3 Å². The topological polar surface area (TPSA) is 87.3 Å². The van der Waals surface area contributed by atoms with Crippen LogP contribution in [0.5, 0.6) is 0 Å². The van der Waals surface area contributed by atoms with Gasteiger partial charge < -0.3 is 16.0 Å². The van der Waals surface area contributed by atoms with Crippen LogP contribution in [-0.2, 0) is 16.8 Å². The Morgan fingerprint density at radius 2 is 1.44 bits per heavy atom. The van der Waals surface area contributed by atoms with Gasteiger partial charge in [-0.1, -0.05) is 63.2 Å². The Kier molecular flexibility index (Phi) is 8.19. The van der Waals surface area contributed by atoms with Gasteiger partial charge >= 0.3 is 0 Å². The third kappa shape index (κ3) is 7.30. The van der Waals surface area contributed by atoms with E-state index in [4.69, 9.17) is 0 Å². The van der Waals surface area contributed by atoms with E-state index in [2.05, 4.69) is 36.7 Å². The maximum absolute atomic E-state index is 12.5. The van der Waals surface area contributed by atoms with Crippen molar-refractivity contribution in [3.8, 4) is 0 Å². The molecule has 3 aromatic carbocycles. The van der Waals surface area contributed by atoms with Crippen molar-refractivity contribution >= 4 is 23.4 Å². The lowest BCUT2D eigenvalue weighted by atomic mass is 9.87. The monoisotopic (exact) mass is 457 g/mol. The molecule has 6 heteroatoms. The second-order valence-corrected chi connectivity index (χ2v) is 9.13. The largest absolute Gasteiger partial charge is 0.352 e. The number of carbonyl (C=O) groups excluding carboxylic acids is 3. The quantitative estimate of drug-likeness (QED) is 0.459. The zero-order valence-electron chi connectivity index (χ0n) is 19.9. The molecular weight excluding hydrogens is 426 g/mol. The number of benzene rings is 3. The van der Waals surface area contributed by atoms with Gasteiger partial charge in [0.2, 0.25) is 5.91 Å². The van der Waals surface area contributed by atoms with Crippen molar-refractivity contribution in [3.05, 3.63) is 101 Å². The van der Waals surface area contributed by atoms with Crippen LogP contribution < -0.4 is 16.0 Å². The molecular formula is C28H31N3O3.